The molecule has 0 bridgehead atoms. The fourth-order valence-electron chi connectivity index (χ4n) is 1.25. The summed E-state index contributed by atoms with van der Waals surface area (Å²) in [5.41, 5.74) is -0.114. The molecule has 0 aromatic heterocycles. The van der Waals surface area contributed by atoms with Crippen molar-refractivity contribution in [2.45, 2.75) is 47.1 Å². The predicted molar refractivity (Wildman–Crippen MR) is 58.9 cm³/mol. The second kappa shape index (κ2) is 4.59. The van der Waals surface area contributed by atoms with Crippen LogP contribution in [0.3, 0.4) is 0 Å². The van der Waals surface area contributed by atoms with E-state index in [2.05, 4.69) is 18.6 Å². The van der Waals surface area contributed by atoms with E-state index in [4.69, 9.17) is 5.14 Å². The summed E-state index contributed by atoms with van der Waals surface area (Å²) >= 11 is 0. The Morgan fingerprint density at radius 2 is 1.71 bits per heavy atom. The molecular formula is C9H22N2O2S. The third-order valence-electron chi connectivity index (χ3n) is 2.06. The van der Waals surface area contributed by atoms with E-state index in [1.807, 2.05) is 20.8 Å². The van der Waals surface area contributed by atoms with Crippen LogP contribution in [0.5, 0.6) is 0 Å². The van der Waals surface area contributed by atoms with E-state index in [1.165, 1.54) is 0 Å². The van der Waals surface area contributed by atoms with Crippen LogP contribution in [-0.4, -0.2) is 14.5 Å². The summed E-state index contributed by atoms with van der Waals surface area (Å²) in [6.07, 6.45) is 0.792. The highest BCUT2D eigenvalue weighted by Crippen LogP contribution is 2.24. The Labute approximate surface area is 87.4 Å². The fourth-order valence-corrected chi connectivity index (χ4v) is 2.09. The van der Waals surface area contributed by atoms with E-state index < -0.39 is 10.2 Å². The molecule has 0 spiro atoms. The van der Waals surface area contributed by atoms with Crippen LogP contribution in [0.15, 0.2) is 0 Å². The summed E-state index contributed by atoms with van der Waals surface area (Å²) in [6, 6.07) is -0.113. The number of hydrogen-bond donors (Lipinski definition) is 2. The van der Waals surface area contributed by atoms with Gasteiger partial charge in [0.25, 0.3) is 10.2 Å². The highest BCUT2D eigenvalue weighted by Gasteiger charge is 2.27. The molecule has 0 unspecified atom stereocenters. The normalized spacial score (nSPS) is 15.9. The molecule has 0 aromatic rings. The minimum Gasteiger partial charge on any atom is -0.216 e. The summed E-state index contributed by atoms with van der Waals surface area (Å²) < 4.78 is 24.4. The van der Waals surface area contributed by atoms with Crippen molar-refractivity contribution in [2.24, 2.45) is 16.5 Å². The van der Waals surface area contributed by atoms with Gasteiger partial charge in [0.1, 0.15) is 0 Å². The van der Waals surface area contributed by atoms with Gasteiger partial charge in [0.15, 0.2) is 0 Å². The molecule has 0 heterocycles. The van der Waals surface area contributed by atoms with Gasteiger partial charge < -0.3 is 0 Å². The standard InChI is InChI=1S/C9H22N2O2S/c1-7(2)6-8(9(3,4)5)11-14(10,12)13/h7-8,11H,6H2,1-5H3,(H2,10,12,13)/t8-/m0/s1. The van der Waals surface area contributed by atoms with E-state index in [0.717, 1.165) is 6.42 Å². The minimum atomic E-state index is -3.60. The highest BCUT2D eigenvalue weighted by molar-refractivity contribution is 7.87. The smallest absolute Gasteiger partial charge is 0.216 e. The van der Waals surface area contributed by atoms with Crippen molar-refractivity contribution in [2.75, 3.05) is 0 Å². The van der Waals surface area contributed by atoms with E-state index >= 15 is 0 Å². The number of rotatable bonds is 4. The lowest BCUT2D eigenvalue weighted by Crippen LogP contribution is -2.47. The van der Waals surface area contributed by atoms with Crippen LogP contribution in [0.2, 0.25) is 0 Å². The maximum atomic E-state index is 10.9. The molecule has 5 heteroatoms. The summed E-state index contributed by atoms with van der Waals surface area (Å²) in [5, 5.41) is 4.97. The van der Waals surface area contributed by atoms with Crippen molar-refractivity contribution >= 4 is 10.2 Å². The van der Waals surface area contributed by atoms with Gasteiger partial charge >= 0.3 is 0 Å². The predicted octanol–water partition coefficient (Wildman–Crippen LogP) is 1.24. The molecular weight excluding hydrogens is 200 g/mol. The van der Waals surface area contributed by atoms with Gasteiger partial charge in [-0.1, -0.05) is 34.6 Å². The second-order valence-electron chi connectivity index (χ2n) is 5.21. The Morgan fingerprint density at radius 1 is 1.29 bits per heavy atom. The molecule has 3 N–H and O–H groups in total. The maximum Gasteiger partial charge on any atom is 0.274 e. The fraction of sp³-hybridized carbons (Fsp3) is 1.00. The molecule has 0 saturated carbocycles. The summed E-state index contributed by atoms with van der Waals surface area (Å²) in [6.45, 7) is 10.1. The van der Waals surface area contributed by atoms with Gasteiger partial charge in [-0.3, -0.25) is 0 Å². The molecule has 0 aliphatic carbocycles. The lowest BCUT2D eigenvalue weighted by Gasteiger charge is -2.31. The number of nitrogens with one attached hydrogen (secondary N) is 1. The van der Waals surface area contributed by atoms with Crippen molar-refractivity contribution in [3.05, 3.63) is 0 Å². The zero-order chi connectivity index (χ0) is 11.6. The van der Waals surface area contributed by atoms with Crippen LogP contribution in [0.25, 0.3) is 0 Å². The third kappa shape index (κ3) is 6.34. The molecule has 0 amide bonds. The Bertz CT molecular complexity index is 265. The van der Waals surface area contributed by atoms with E-state index in [1.54, 1.807) is 0 Å². The average Bonchev–Trinajstić information content (AvgIpc) is 1.78. The van der Waals surface area contributed by atoms with Crippen LogP contribution >= 0.6 is 0 Å². The maximum absolute atomic E-state index is 10.9. The molecule has 0 aliphatic heterocycles. The minimum absolute atomic E-state index is 0.113. The van der Waals surface area contributed by atoms with Crippen molar-refractivity contribution in [1.82, 2.24) is 4.72 Å². The van der Waals surface area contributed by atoms with E-state index in [0.29, 0.717) is 5.92 Å². The van der Waals surface area contributed by atoms with Crippen LogP contribution in [0, 0.1) is 11.3 Å². The molecule has 0 rings (SSSR count). The van der Waals surface area contributed by atoms with Crippen LogP contribution in [0.1, 0.15) is 41.0 Å². The summed E-state index contributed by atoms with van der Waals surface area (Å²) in [5.74, 6) is 0.438. The van der Waals surface area contributed by atoms with Crippen molar-refractivity contribution in [3.8, 4) is 0 Å². The number of hydrogen-bond acceptors (Lipinski definition) is 2. The van der Waals surface area contributed by atoms with Crippen LogP contribution in [-0.2, 0) is 10.2 Å². The molecule has 0 fully saturated rings. The molecule has 86 valence electrons. The Kier molecular flexibility index (Phi) is 4.55. The zero-order valence-corrected chi connectivity index (χ0v) is 10.5. The lowest BCUT2D eigenvalue weighted by molar-refractivity contribution is 0.262. The molecule has 14 heavy (non-hydrogen) atoms. The Hall–Kier alpha value is -0.130. The first-order valence-corrected chi connectivity index (χ1v) is 6.37. The Morgan fingerprint density at radius 3 is 1.93 bits per heavy atom. The van der Waals surface area contributed by atoms with E-state index in [-0.39, 0.29) is 11.5 Å². The zero-order valence-electron chi connectivity index (χ0n) is 9.66. The monoisotopic (exact) mass is 222 g/mol. The largest absolute Gasteiger partial charge is 0.274 e. The van der Waals surface area contributed by atoms with Gasteiger partial charge in [-0.15, -0.1) is 0 Å². The van der Waals surface area contributed by atoms with Gasteiger partial charge in [-0.2, -0.15) is 13.1 Å². The SMILES string of the molecule is CC(C)C[C@H](NS(N)(=O)=O)C(C)(C)C. The van der Waals surface area contributed by atoms with Crippen molar-refractivity contribution < 1.29 is 8.42 Å². The van der Waals surface area contributed by atoms with Gasteiger partial charge in [-0.25, -0.2) is 5.14 Å². The summed E-state index contributed by atoms with van der Waals surface area (Å²) in [4.78, 5) is 0. The highest BCUT2D eigenvalue weighted by atomic mass is 32.2. The second-order valence-corrected chi connectivity index (χ2v) is 6.54. The number of nitrogens with two attached hydrogens (primary N) is 1. The van der Waals surface area contributed by atoms with Gasteiger partial charge in [0.05, 0.1) is 0 Å². The third-order valence-corrected chi connectivity index (χ3v) is 2.67. The topological polar surface area (TPSA) is 72.2 Å². The van der Waals surface area contributed by atoms with Crippen LogP contribution < -0.4 is 9.86 Å². The lowest BCUT2D eigenvalue weighted by atomic mass is 9.83. The van der Waals surface area contributed by atoms with Gasteiger partial charge in [0, 0.05) is 6.04 Å². The molecule has 0 aliphatic rings. The molecule has 0 saturated heterocycles. The van der Waals surface area contributed by atoms with Crippen molar-refractivity contribution in [1.29, 1.82) is 0 Å². The average molecular weight is 222 g/mol. The molecule has 4 nitrogen and oxygen atoms in total. The molecule has 0 radical (unpaired) electrons. The molecule has 0 aromatic carbocycles. The first kappa shape index (κ1) is 13.9. The van der Waals surface area contributed by atoms with Gasteiger partial charge in [-0.05, 0) is 17.8 Å². The first-order valence-electron chi connectivity index (χ1n) is 4.82. The summed E-state index contributed by atoms with van der Waals surface area (Å²) in [7, 11) is -3.60. The van der Waals surface area contributed by atoms with Crippen molar-refractivity contribution in [3.63, 3.8) is 0 Å². The Balaban J connectivity index is 4.58. The quantitative estimate of drug-likeness (QED) is 0.751. The van der Waals surface area contributed by atoms with Gasteiger partial charge in [0.2, 0.25) is 0 Å². The first-order chi connectivity index (χ1) is 6.02. The molecule has 1 atom stereocenters. The van der Waals surface area contributed by atoms with E-state index in [9.17, 15) is 8.42 Å². The van der Waals surface area contributed by atoms with Crippen LogP contribution in [0.4, 0.5) is 0 Å².